The number of carbonyl (C=O) groups is 1. The van der Waals surface area contributed by atoms with Gasteiger partial charge in [0.25, 0.3) is 5.91 Å². The van der Waals surface area contributed by atoms with E-state index in [2.05, 4.69) is 32.4 Å². The van der Waals surface area contributed by atoms with Crippen molar-refractivity contribution in [3.8, 4) is 11.5 Å². The molecule has 8 nitrogen and oxygen atoms in total. The first kappa shape index (κ1) is 31.4. The molecule has 44 heavy (non-hydrogen) atoms. The number of likely N-dealkylation sites (tertiary alicyclic amines) is 1. The summed E-state index contributed by atoms with van der Waals surface area (Å²) in [5, 5.41) is 6.48. The van der Waals surface area contributed by atoms with Gasteiger partial charge in [-0.25, -0.2) is 12.8 Å². The summed E-state index contributed by atoms with van der Waals surface area (Å²) < 4.78 is 44.4. The van der Waals surface area contributed by atoms with E-state index in [1.54, 1.807) is 48.2 Å². The summed E-state index contributed by atoms with van der Waals surface area (Å²) in [5.74, 6) is 0.733. The first-order chi connectivity index (χ1) is 21.1. The van der Waals surface area contributed by atoms with Crippen molar-refractivity contribution in [1.29, 1.82) is 0 Å². The number of anilines is 3. The second-order valence-electron chi connectivity index (χ2n) is 10.7. The average molecular weight is 635 g/mol. The number of hydrogen-bond donors (Lipinski definition) is 3. The Kier molecular flexibility index (Phi) is 10.1. The molecule has 11 heteroatoms. The molecule has 3 N–H and O–H groups in total. The first-order valence-corrected chi connectivity index (χ1v) is 17.3. The maximum Gasteiger partial charge on any atom is 0.257 e. The molecule has 0 spiro atoms. The Hall–Kier alpha value is -4.06. The van der Waals surface area contributed by atoms with Gasteiger partial charge in [-0.15, -0.1) is 11.8 Å². The maximum atomic E-state index is 13.3. The molecule has 0 bridgehead atoms. The van der Waals surface area contributed by atoms with Crippen LogP contribution >= 0.6 is 11.8 Å². The van der Waals surface area contributed by atoms with Gasteiger partial charge in [-0.05, 0) is 104 Å². The van der Waals surface area contributed by atoms with E-state index in [4.69, 9.17) is 4.74 Å². The van der Waals surface area contributed by atoms with Crippen molar-refractivity contribution < 1.29 is 22.3 Å². The van der Waals surface area contributed by atoms with E-state index in [0.29, 0.717) is 28.4 Å². The summed E-state index contributed by atoms with van der Waals surface area (Å²) in [6, 6.07) is 26.6. The molecule has 1 fully saturated rings. The van der Waals surface area contributed by atoms with Crippen LogP contribution in [0.5, 0.6) is 11.5 Å². The number of halogens is 1. The zero-order chi connectivity index (χ0) is 31.1. The lowest BCUT2D eigenvalue weighted by Gasteiger charge is -2.33. The third kappa shape index (κ3) is 8.98. The van der Waals surface area contributed by atoms with Crippen molar-refractivity contribution in [2.24, 2.45) is 0 Å². The minimum atomic E-state index is -3.32. The predicted molar refractivity (Wildman–Crippen MR) is 176 cm³/mol. The number of sulfonamides is 1. The molecule has 0 atom stereocenters. The zero-order valence-corrected chi connectivity index (χ0v) is 26.2. The molecule has 0 aromatic heterocycles. The van der Waals surface area contributed by atoms with E-state index in [9.17, 15) is 17.6 Å². The van der Waals surface area contributed by atoms with Crippen LogP contribution in [0.4, 0.5) is 21.5 Å². The van der Waals surface area contributed by atoms with Crippen molar-refractivity contribution >= 4 is 44.8 Å². The Labute approximate surface area is 262 Å². The number of rotatable bonds is 11. The van der Waals surface area contributed by atoms with Crippen LogP contribution in [-0.4, -0.2) is 50.9 Å². The Bertz CT molecular complexity index is 1670. The number of nitrogens with zero attached hydrogens (tertiary/aromatic N) is 1. The summed E-state index contributed by atoms with van der Waals surface area (Å²) in [6.07, 6.45) is 4.96. The third-order valence-electron chi connectivity index (χ3n) is 7.24. The lowest BCUT2D eigenvalue weighted by molar-refractivity contribution is 0.102. The maximum absolute atomic E-state index is 13.3. The fourth-order valence-electron chi connectivity index (χ4n) is 5.01. The highest BCUT2D eigenvalue weighted by Crippen LogP contribution is 2.28. The summed E-state index contributed by atoms with van der Waals surface area (Å²) in [5.41, 5.74) is 3.56. The minimum Gasteiger partial charge on any atom is -0.457 e. The molecule has 0 saturated carbocycles. The average Bonchev–Trinajstić information content (AvgIpc) is 3.00. The molecular formula is C33H35FN4O4S2. The van der Waals surface area contributed by atoms with Crippen LogP contribution in [0.25, 0.3) is 0 Å². The Morgan fingerprint density at radius 3 is 2.14 bits per heavy atom. The first-order valence-electron chi connectivity index (χ1n) is 14.2. The minimum absolute atomic E-state index is 0.235. The Morgan fingerprint density at radius 1 is 0.909 bits per heavy atom. The summed E-state index contributed by atoms with van der Waals surface area (Å²) in [7, 11) is -3.32. The van der Waals surface area contributed by atoms with E-state index in [1.165, 1.54) is 17.7 Å². The summed E-state index contributed by atoms with van der Waals surface area (Å²) >= 11 is 1.58. The number of thioether (sulfide) groups is 1. The van der Waals surface area contributed by atoms with Gasteiger partial charge >= 0.3 is 0 Å². The van der Waals surface area contributed by atoms with Gasteiger partial charge in [-0.3, -0.25) is 14.4 Å². The normalized spacial score (nSPS) is 14.2. The molecule has 230 valence electrons. The molecule has 1 heterocycles. The monoisotopic (exact) mass is 634 g/mol. The third-order valence-corrected chi connectivity index (χ3v) is 8.58. The van der Waals surface area contributed by atoms with Crippen LogP contribution in [0.1, 0.15) is 28.8 Å². The highest BCUT2D eigenvalue weighted by atomic mass is 32.2. The van der Waals surface area contributed by atoms with Gasteiger partial charge in [-0.1, -0.05) is 12.1 Å². The van der Waals surface area contributed by atoms with Gasteiger partial charge in [0.1, 0.15) is 17.3 Å². The molecule has 4 aromatic carbocycles. The van der Waals surface area contributed by atoms with Gasteiger partial charge in [0.15, 0.2) is 0 Å². The van der Waals surface area contributed by atoms with E-state index in [1.807, 2.05) is 36.6 Å². The van der Waals surface area contributed by atoms with Crippen molar-refractivity contribution in [3.63, 3.8) is 0 Å². The zero-order valence-electron chi connectivity index (χ0n) is 24.5. The van der Waals surface area contributed by atoms with Crippen molar-refractivity contribution in [1.82, 2.24) is 4.90 Å². The Morgan fingerprint density at radius 2 is 1.52 bits per heavy atom. The molecule has 0 radical (unpaired) electrons. The highest BCUT2D eigenvalue weighted by Gasteiger charge is 2.22. The topological polar surface area (TPSA) is 99.8 Å². The smallest absolute Gasteiger partial charge is 0.257 e. The van der Waals surface area contributed by atoms with Crippen LogP contribution in [0.3, 0.4) is 0 Å². The molecular weight excluding hydrogens is 600 g/mol. The molecule has 1 aliphatic heterocycles. The number of nitrogens with one attached hydrogen (secondary N) is 3. The number of hydrogen-bond acceptors (Lipinski definition) is 7. The van der Waals surface area contributed by atoms with Crippen LogP contribution in [0.2, 0.25) is 0 Å². The number of benzene rings is 4. The highest BCUT2D eigenvalue weighted by molar-refractivity contribution is 7.98. The van der Waals surface area contributed by atoms with E-state index in [-0.39, 0.29) is 17.8 Å². The fourth-order valence-corrected chi connectivity index (χ4v) is 6.02. The predicted octanol–water partition coefficient (Wildman–Crippen LogP) is 7.04. The van der Waals surface area contributed by atoms with E-state index >= 15 is 0 Å². The molecule has 1 aliphatic rings. The van der Waals surface area contributed by atoms with Gasteiger partial charge < -0.3 is 15.4 Å². The van der Waals surface area contributed by atoms with E-state index < -0.39 is 10.0 Å². The largest absolute Gasteiger partial charge is 0.457 e. The number of carbonyl (C=O) groups excluding carboxylic acids is 1. The van der Waals surface area contributed by atoms with Crippen molar-refractivity contribution in [2.45, 2.75) is 30.3 Å². The fraction of sp³-hybridized carbons (Fsp3) is 0.242. The number of amides is 1. The molecule has 0 unspecified atom stereocenters. The molecule has 0 aliphatic carbocycles. The summed E-state index contributed by atoms with van der Waals surface area (Å²) in [4.78, 5) is 16.6. The van der Waals surface area contributed by atoms with Crippen LogP contribution < -0.4 is 20.1 Å². The molecule has 1 saturated heterocycles. The molecule has 5 rings (SSSR count). The lowest BCUT2D eigenvalue weighted by Crippen LogP contribution is -2.39. The molecule has 4 aromatic rings. The SMILES string of the molecule is CSc1ccc(NC2CCN(Cc3ccc(Oc4ccc(NS(C)(=O)=O)cc4)cc3)CC2)c(C(=O)Nc2ccc(F)cc2)c1. The quantitative estimate of drug-likeness (QED) is 0.152. The second kappa shape index (κ2) is 14.1. The second-order valence-corrected chi connectivity index (χ2v) is 13.3. The van der Waals surface area contributed by atoms with E-state index in [0.717, 1.165) is 49.3 Å². The van der Waals surface area contributed by atoms with Gasteiger partial charge in [0, 0.05) is 47.6 Å². The number of ether oxygens (including phenoxy) is 1. The standard InChI is InChI=1S/C33H35FN4O4S2/c1-43-30-15-16-32(31(21-30)33(39)36-25-7-5-24(34)6-8-25)35-26-17-19-38(20-18-26)22-23-3-11-28(12-4-23)42-29-13-9-27(10-14-29)37-44(2,40)41/h3-16,21,26,35,37H,17-20,22H2,1-2H3,(H,36,39). The summed E-state index contributed by atoms with van der Waals surface area (Å²) in [6.45, 7) is 2.67. The van der Waals surface area contributed by atoms with Crippen molar-refractivity contribution in [2.75, 3.05) is 41.0 Å². The van der Waals surface area contributed by atoms with Crippen LogP contribution in [0.15, 0.2) is 95.9 Å². The van der Waals surface area contributed by atoms with Gasteiger partial charge in [0.05, 0.1) is 11.8 Å². The lowest BCUT2D eigenvalue weighted by atomic mass is 10.0. The van der Waals surface area contributed by atoms with Crippen LogP contribution in [-0.2, 0) is 16.6 Å². The molecule has 1 amide bonds. The number of piperidine rings is 1. The Balaban J connectivity index is 1.13. The van der Waals surface area contributed by atoms with Gasteiger partial charge in [0.2, 0.25) is 10.0 Å². The van der Waals surface area contributed by atoms with Crippen LogP contribution in [0, 0.1) is 5.82 Å². The van der Waals surface area contributed by atoms with Crippen molar-refractivity contribution in [3.05, 3.63) is 108 Å². The van der Waals surface area contributed by atoms with Gasteiger partial charge in [-0.2, -0.15) is 0 Å².